The van der Waals surface area contributed by atoms with Crippen LogP contribution < -0.4 is 4.72 Å². The van der Waals surface area contributed by atoms with E-state index in [1.54, 1.807) is 0 Å². The molecule has 9 nitrogen and oxygen atoms in total. The molecule has 10 heteroatoms. The van der Waals surface area contributed by atoms with Crippen molar-refractivity contribution in [3.05, 3.63) is 30.2 Å². The lowest BCUT2D eigenvalue weighted by molar-refractivity contribution is 0.0686. The summed E-state index contributed by atoms with van der Waals surface area (Å²) in [7, 11) is -2.38. The highest BCUT2D eigenvalue weighted by Gasteiger charge is 2.20. The third-order valence-corrected chi connectivity index (χ3v) is 3.70. The van der Waals surface area contributed by atoms with Crippen molar-refractivity contribution in [2.75, 3.05) is 0 Å². The van der Waals surface area contributed by atoms with Crippen LogP contribution in [0.4, 0.5) is 0 Å². The zero-order chi connectivity index (χ0) is 14.0. The fraction of sp³-hybridized carbons (Fsp3) is 0.222. The molecule has 0 bridgehead atoms. The Balaban J connectivity index is 2.20. The highest BCUT2D eigenvalue weighted by molar-refractivity contribution is 7.89. The Morgan fingerprint density at radius 1 is 1.58 bits per heavy atom. The van der Waals surface area contributed by atoms with E-state index < -0.39 is 16.0 Å². The van der Waals surface area contributed by atoms with Gasteiger partial charge in [-0.25, -0.2) is 17.9 Å². The molecule has 0 fully saturated rings. The zero-order valence-corrected chi connectivity index (χ0v) is 10.6. The number of aromatic carboxylic acids is 1. The molecule has 0 radical (unpaired) electrons. The predicted molar refractivity (Wildman–Crippen MR) is 60.7 cm³/mol. The number of nitrogens with one attached hydrogen (secondary N) is 1. The van der Waals surface area contributed by atoms with Crippen molar-refractivity contribution in [1.82, 2.24) is 19.4 Å². The zero-order valence-electron chi connectivity index (χ0n) is 9.77. The summed E-state index contributed by atoms with van der Waals surface area (Å²) in [5.41, 5.74) is -0.125. The Kier molecular flexibility index (Phi) is 3.36. The first-order valence-corrected chi connectivity index (χ1v) is 6.53. The molecule has 0 saturated heterocycles. The van der Waals surface area contributed by atoms with Crippen molar-refractivity contribution in [3.8, 4) is 0 Å². The van der Waals surface area contributed by atoms with E-state index in [9.17, 15) is 13.2 Å². The number of carboxylic acids is 1. The molecule has 2 aromatic rings. The lowest BCUT2D eigenvalue weighted by atomic mass is 10.4. The molecule has 2 heterocycles. The minimum absolute atomic E-state index is 0.125. The molecule has 0 amide bonds. The summed E-state index contributed by atoms with van der Waals surface area (Å²) in [4.78, 5) is 14.4. The van der Waals surface area contributed by atoms with Crippen LogP contribution in [0.2, 0.25) is 0 Å². The van der Waals surface area contributed by atoms with E-state index in [-0.39, 0.29) is 23.0 Å². The van der Waals surface area contributed by atoms with Gasteiger partial charge in [0.05, 0.1) is 6.54 Å². The number of carbonyl (C=O) groups is 1. The van der Waals surface area contributed by atoms with E-state index in [1.807, 2.05) is 0 Å². The maximum atomic E-state index is 11.9. The number of carboxylic acid groups (broad SMARTS) is 1. The number of hydrogen-bond acceptors (Lipinski definition) is 6. The summed E-state index contributed by atoms with van der Waals surface area (Å²) < 4.78 is 31.7. The van der Waals surface area contributed by atoms with E-state index in [0.29, 0.717) is 0 Å². The lowest BCUT2D eigenvalue weighted by Gasteiger charge is -2.01. The Hall–Kier alpha value is -2.20. The van der Waals surface area contributed by atoms with Gasteiger partial charge in [-0.3, -0.25) is 0 Å². The third kappa shape index (κ3) is 2.80. The van der Waals surface area contributed by atoms with Crippen molar-refractivity contribution in [3.63, 3.8) is 0 Å². The van der Waals surface area contributed by atoms with E-state index >= 15 is 0 Å². The van der Waals surface area contributed by atoms with Crippen molar-refractivity contribution in [2.45, 2.75) is 11.4 Å². The van der Waals surface area contributed by atoms with Crippen LogP contribution in [0.1, 0.15) is 16.3 Å². The van der Waals surface area contributed by atoms with E-state index in [0.717, 1.165) is 12.5 Å². The fourth-order valence-electron chi connectivity index (χ4n) is 1.41. The van der Waals surface area contributed by atoms with Crippen LogP contribution in [0.15, 0.2) is 28.1 Å². The number of aromatic nitrogens is 3. The number of rotatable bonds is 5. The lowest BCUT2D eigenvalue weighted by Crippen LogP contribution is -2.23. The monoisotopic (exact) mass is 286 g/mol. The third-order valence-electron chi connectivity index (χ3n) is 2.34. The van der Waals surface area contributed by atoms with Crippen molar-refractivity contribution < 1.29 is 22.8 Å². The van der Waals surface area contributed by atoms with Gasteiger partial charge in [0.2, 0.25) is 16.4 Å². The first-order chi connectivity index (χ1) is 8.90. The number of sulfonamides is 1. The molecule has 0 aliphatic heterocycles. The van der Waals surface area contributed by atoms with Crippen LogP contribution in [0.3, 0.4) is 0 Å². The molecule has 2 aromatic heterocycles. The Morgan fingerprint density at radius 2 is 2.32 bits per heavy atom. The molecule has 0 aromatic carbocycles. The largest absolute Gasteiger partial charge is 0.477 e. The van der Waals surface area contributed by atoms with Crippen LogP contribution in [0.25, 0.3) is 0 Å². The van der Waals surface area contributed by atoms with Gasteiger partial charge in [-0.05, 0) is 6.07 Å². The molecule has 2 rings (SSSR count). The van der Waals surface area contributed by atoms with Gasteiger partial charge in [0.1, 0.15) is 10.6 Å². The highest BCUT2D eigenvalue weighted by Crippen LogP contribution is 2.13. The Bertz CT molecular complexity index is 688. The maximum Gasteiger partial charge on any atom is 0.352 e. The standard InChI is InChI=1S/C9H10N4O5S/c1-13-4-6(2-7(13)9(14)15)19(16,17)11-3-8-10-5-18-12-8/h2,4-5,11H,3H2,1H3,(H,14,15). The minimum Gasteiger partial charge on any atom is -0.477 e. The summed E-state index contributed by atoms with van der Waals surface area (Å²) in [5, 5.41) is 12.3. The van der Waals surface area contributed by atoms with Gasteiger partial charge < -0.3 is 14.2 Å². The Morgan fingerprint density at radius 3 is 2.84 bits per heavy atom. The summed E-state index contributed by atoms with van der Waals surface area (Å²) >= 11 is 0. The van der Waals surface area contributed by atoms with Gasteiger partial charge in [-0.15, -0.1) is 0 Å². The summed E-state index contributed by atoms with van der Waals surface area (Å²) in [6.45, 7) is -0.143. The van der Waals surface area contributed by atoms with Crippen molar-refractivity contribution in [2.24, 2.45) is 7.05 Å². The molecule has 0 spiro atoms. The second kappa shape index (κ2) is 4.82. The Labute approximate surface area is 107 Å². The van der Waals surface area contributed by atoms with Crippen LogP contribution in [0.5, 0.6) is 0 Å². The second-order valence-corrected chi connectivity index (χ2v) is 5.42. The molecule has 2 N–H and O–H groups in total. The molecule has 19 heavy (non-hydrogen) atoms. The minimum atomic E-state index is -3.83. The molecule has 0 aliphatic rings. The van der Waals surface area contributed by atoms with Gasteiger partial charge in [0.25, 0.3) is 0 Å². The summed E-state index contributed by atoms with van der Waals surface area (Å²) in [6.07, 6.45) is 2.29. The van der Waals surface area contributed by atoms with Gasteiger partial charge in [0.15, 0.2) is 5.82 Å². The van der Waals surface area contributed by atoms with Gasteiger partial charge in [0, 0.05) is 13.2 Å². The predicted octanol–water partition coefficient (Wildman–Crippen LogP) is -0.415. The van der Waals surface area contributed by atoms with Gasteiger partial charge >= 0.3 is 5.97 Å². The van der Waals surface area contributed by atoms with Crippen LogP contribution in [-0.4, -0.2) is 34.2 Å². The molecular formula is C9H10N4O5S. The van der Waals surface area contributed by atoms with Crippen molar-refractivity contribution in [1.29, 1.82) is 0 Å². The summed E-state index contributed by atoms with van der Waals surface area (Å²) in [5.74, 6) is -1.03. The van der Waals surface area contributed by atoms with E-state index in [2.05, 4.69) is 19.4 Å². The van der Waals surface area contributed by atoms with Crippen molar-refractivity contribution >= 4 is 16.0 Å². The maximum absolute atomic E-state index is 11.9. The molecule has 0 atom stereocenters. The van der Waals surface area contributed by atoms with Gasteiger partial charge in [-0.1, -0.05) is 5.16 Å². The number of hydrogen-bond donors (Lipinski definition) is 2. The average molecular weight is 286 g/mol. The van der Waals surface area contributed by atoms with Gasteiger partial charge in [-0.2, -0.15) is 4.98 Å². The first-order valence-electron chi connectivity index (χ1n) is 5.05. The second-order valence-electron chi connectivity index (χ2n) is 3.65. The van der Waals surface area contributed by atoms with E-state index in [4.69, 9.17) is 5.11 Å². The highest BCUT2D eigenvalue weighted by atomic mass is 32.2. The number of aryl methyl sites for hydroxylation is 1. The average Bonchev–Trinajstić information content (AvgIpc) is 2.95. The normalized spacial score (nSPS) is 11.6. The molecular weight excluding hydrogens is 276 g/mol. The molecule has 0 saturated carbocycles. The summed E-state index contributed by atoms with van der Waals surface area (Å²) in [6, 6.07) is 1.07. The van der Waals surface area contributed by atoms with E-state index in [1.165, 1.54) is 17.8 Å². The topological polar surface area (TPSA) is 127 Å². The molecule has 102 valence electrons. The SMILES string of the molecule is Cn1cc(S(=O)(=O)NCc2ncon2)cc1C(=O)O. The van der Waals surface area contributed by atoms with Crippen LogP contribution in [0, 0.1) is 0 Å². The first kappa shape index (κ1) is 13.2. The fourth-order valence-corrected chi connectivity index (χ4v) is 2.46. The van der Waals surface area contributed by atoms with Crippen LogP contribution >= 0.6 is 0 Å². The smallest absolute Gasteiger partial charge is 0.352 e. The quantitative estimate of drug-likeness (QED) is 0.764. The molecule has 0 aliphatic carbocycles. The molecule has 0 unspecified atom stereocenters. The van der Waals surface area contributed by atoms with Crippen LogP contribution in [-0.2, 0) is 23.6 Å². The number of nitrogens with zero attached hydrogens (tertiary/aromatic N) is 3.